The zero-order valence-electron chi connectivity index (χ0n) is 15.7. The van der Waals surface area contributed by atoms with Gasteiger partial charge in [-0.25, -0.2) is 8.42 Å². The van der Waals surface area contributed by atoms with Crippen molar-refractivity contribution in [3.05, 3.63) is 54.1 Å². The number of anilines is 1. The van der Waals surface area contributed by atoms with Gasteiger partial charge in [0.25, 0.3) is 10.0 Å². The fourth-order valence-electron chi connectivity index (χ4n) is 2.74. The molecule has 1 aliphatic rings. The van der Waals surface area contributed by atoms with Crippen molar-refractivity contribution in [3.8, 4) is 0 Å². The van der Waals surface area contributed by atoms with E-state index in [4.69, 9.17) is 9.31 Å². The lowest BCUT2D eigenvalue weighted by Gasteiger charge is -2.32. The maximum atomic E-state index is 12.6. The van der Waals surface area contributed by atoms with E-state index in [1.165, 1.54) is 0 Å². The van der Waals surface area contributed by atoms with Crippen LogP contribution in [-0.4, -0.2) is 26.7 Å². The topological polar surface area (TPSA) is 64.6 Å². The van der Waals surface area contributed by atoms with Crippen molar-refractivity contribution in [2.24, 2.45) is 0 Å². The Bertz CT molecular complexity index is 894. The van der Waals surface area contributed by atoms with Gasteiger partial charge in [-0.05, 0) is 64.3 Å². The second kappa shape index (κ2) is 6.41. The Morgan fingerprint density at radius 2 is 1.50 bits per heavy atom. The summed E-state index contributed by atoms with van der Waals surface area (Å²) in [5.41, 5.74) is 1.36. The highest BCUT2D eigenvalue weighted by atomic mass is 32.2. The Balaban J connectivity index is 1.90. The molecule has 0 atom stereocenters. The molecule has 1 N–H and O–H groups in total. The lowest BCUT2D eigenvalue weighted by molar-refractivity contribution is 0.00578. The third kappa shape index (κ3) is 3.52. The van der Waals surface area contributed by atoms with Crippen LogP contribution in [0.5, 0.6) is 0 Å². The lowest BCUT2D eigenvalue weighted by Crippen LogP contribution is -2.41. The van der Waals surface area contributed by atoms with E-state index in [0.29, 0.717) is 5.69 Å². The van der Waals surface area contributed by atoms with Gasteiger partial charge in [0.15, 0.2) is 0 Å². The normalized spacial score (nSPS) is 18.7. The fourth-order valence-corrected chi connectivity index (χ4v) is 3.81. The highest BCUT2D eigenvalue weighted by Gasteiger charge is 2.52. The van der Waals surface area contributed by atoms with Crippen LogP contribution in [0.25, 0.3) is 0 Å². The molecule has 1 saturated heterocycles. The summed E-state index contributed by atoms with van der Waals surface area (Å²) < 4.78 is 39.9. The van der Waals surface area contributed by atoms with Gasteiger partial charge in [-0.2, -0.15) is 0 Å². The predicted molar refractivity (Wildman–Crippen MR) is 104 cm³/mol. The highest BCUT2D eigenvalue weighted by molar-refractivity contribution is 7.92. The standard InChI is InChI=1S/C19H24BNO4S/c1-14-11-12-15(21-26(22,23)16-9-7-6-8-10-16)13-17(14)20-24-18(2,3)19(4,5)25-20/h6-13,21H,1-5H3. The molecule has 1 aliphatic heterocycles. The van der Waals surface area contributed by atoms with E-state index in [-0.39, 0.29) is 4.90 Å². The van der Waals surface area contributed by atoms with Crippen molar-refractivity contribution in [2.45, 2.75) is 50.7 Å². The van der Waals surface area contributed by atoms with Crippen LogP contribution in [0.2, 0.25) is 0 Å². The Hall–Kier alpha value is -1.83. The minimum absolute atomic E-state index is 0.220. The zero-order valence-corrected chi connectivity index (χ0v) is 16.6. The molecule has 138 valence electrons. The van der Waals surface area contributed by atoms with Gasteiger partial charge in [-0.15, -0.1) is 0 Å². The second-order valence-corrected chi connectivity index (χ2v) is 9.26. The fraction of sp³-hybridized carbons (Fsp3) is 0.368. The summed E-state index contributed by atoms with van der Waals surface area (Å²) in [5, 5.41) is 0. The van der Waals surface area contributed by atoms with Gasteiger partial charge in [0.05, 0.1) is 16.1 Å². The van der Waals surface area contributed by atoms with E-state index in [0.717, 1.165) is 11.0 Å². The van der Waals surface area contributed by atoms with E-state index in [1.54, 1.807) is 42.5 Å². The molecule has 0 unspecified atom stereocenters. The van der Waals surface area contributed by atoms with Gasteiger partial charge in [-0.3, -0.25) is 4.72 Å². The van der Waals surface area contributed by atoms with Crippen LogP contribution >= 0.6 is 0 Å². The molecule has 0 bridgehead atoms. The quantitative estimate of drug-likeness (QED) is 0.837. The Kier molecular flexibility index (Phi) is 4.67. The summed E-state index contributed by atoms with van der Waals surface area (Å²) in [6.07, 6.45) is 0. The maximum Gasteiger partial charge on any atom is 0.495 e. The van der Waals surface area contributed by atoms with Crippen molar-refractivity contribution in [1.82, 2.24) is 0 Å². The minimum atomic E-state index is -3.64. The molecule has 26 heavy (non-hydrogen) atoms. The van der Waals surface area contributed by atoms with Gasteiger partial charge >= 0.3 is 7.12 Å². The third-order valence-corrected chi connectivity index (χ3v) is 6.49. The summed E-state index contributed by atoms with van der Waals surface area (Å²) in [6, 6.07) is 13.7. The van der Waals surface area contributed by atoms with Gasteiger partial charge in [0.1, 0.15) is 0 Å². The van der Waals surface area contributed by atoms with Gasteiger partial charge in [0.2, 0.25) is 0 Å². The molecule has 0 aromatic heterocycles. The molecule has 1 fully saturated rings. The number of benzene rings is 2. The first-order valence-corrected chi connectivity index (χ1v) is 10.0. The summed E-state index contributed by atoms with van der Waals surface area (Å²) >= 11 is 0. The number of hydrogen-bond acceptors (Lipinski definition) is 4. The van der Waals surface area contributed by atoms with Gasteiger partial charge < -0.3 is 9.31 Å². The first kappa shape index (κ1) is 19.0. The summed E-state index contributed by atoms with van der Waals surface area (Å²) in [7, 11) is -4.18. The molecule has 0 amide bonds. The summed E-state index contributed by atoms with van der Waals surface area (Å²) in [6.45, 7) is 9.92. The van der Waals surface area contributed by atoms with Crippen LogP contribution in [0.15, 0.2) is 53.4 Å². The highest BCUT2D eigenvalue weighted by Crippen LogP contribution is 2.36. The molecular formula is C19H24BNO4S. The molecule has 5 nitrogen and oxygen atoms in total. The van der Waals surface area contributed by atoms with Crippen LogP contribution in [0.4, 0.5) is 5.69 Å². The van der Waals surface area contributed by atoms with Crippen LogP contribution in [0.3, 0.4) is 0 Å². The molecule has 0 aliphatic carbocycles. The molecule has 7 heteroatoms. The van der Waals surface area contributed by atoms with Crippen molar-refractivity contribution in [3.63, 3.8) is 0 Å². The number of hydrogen-bond donors (Lipinski definition) is 1. The van der Waals surface area contributed by atoms with Crippen molar-refractivity contribution >= 4 is 28.3 Å². The van der Waals surface area contributed by atoms with Crippen molar-refractivity contribution < 1.29 is 17.7 Å². The maximum absolute atomic E-state index is 12.6. The van der Waals surface area contributed by atoms with Crippen LogP contribution in [0, 0.1) is 6.92 Å². The van der Waals surface area contributed by atoms with E-state index in [2.05, 4.69) is 4.72 Å². The molecule has 0 spiro atoms. The predicted octanol–water partition coefficient (Wildman–Crippen LogP) is 3.10. The summed E-state index contributed by atoms with van der Waals surface area (Å²) in [4.78, 5) is 0.220. The van der Waals surface area contributed by atoms with E-state index in [1.807, 2.05) is 40.7 Å². The van der Waals surface area contributed by atoms with Crippen molar-refractivity contribution in [1.29, 1.82) is 0 Å². The molecule has 3 rings (SSSR count). The lowest BCUT2D eigenvalue weighted by atomic mass is 9.76. The Labute approximate surface area is 155 Å². The summed E-state index contributed by atoms with van der Waals surface area (Å²) in [5.74, 6) is 0. The van der Waals surface area contributed by atoms with Gasteiger partial charge in [0, 0.05) is 5.69 Å². The molecule has 0 saturated carbocycles. The monoisotopic (exact) mass is 373 g/mol. The Morgan fingerprint density at radius 1 is 0.923 bits per heavy atom. The number of nitrogens with one attached hydrogen (secondary N) is 1. The zero-order chi connectivity index (χ0) is 19.2. The first-order valence-electron chi connectivity index (χ1n) is 8.56. The van der Waals surface area contributed by atoms with Crippen LogP contribution in [0.1, 0.15) is 33.3 Å². The average Bonchev–Trinajstić information content (AvgIpc) is 2.78. The van der Waals surface area contributed by atoms with E-state index in [9.17, 15) is 8.42 Å². The third-order valence-electron chi connectivity index (χ3n) is 5.09. The van der Waals surface area contributed by atoms with E-state index < -0.39 is 28.3 Å². The average molecular weight is 373 g/mol. The SMILES string of the molecule is Cc1ccc(NS(=O)(=O)c2ccccc2)cc1B1OC(C)(C)C(C)(C)O1. The minimum Gasteiger partial charge on any atom is -0.399 e. The number of aryl methyl sites for hydroxylation is 1. The Morgan fingerprint density at radius 3 is 2.08 bits per heavy atom. The smallest absolute Gasteiger partial charge is 0.399 e. The van der Waals surface area contributed by atoms with Crippen LogP contribution in [-0.2, 0) is 19.3 Å². The van der Waals surface area contributed by atoms with Crippen molar-refractivity contribution in [2.75, 3.05) is 4.72 Å². The van der Waals surface area contributed by atoms with E-state index >= 15 is 0 Å². The number of rotatable bonds is 4. The molecule has 2 aromatic carbocycles. The largest absolute Gasteiger partial charge is 0.495 e. The second-order valence-electron chi connectivity index (χ2n) is 7.58. The molecular weight excluding hydrogens is 349 g/mol. The molecule has 1 heterocycles. The molecule has 0 radical (unpaired) electrons. The van der Waals surface area contributed by atoms with Gasteiger partial charge in [-0.1, -0.05) is 29.8 Å². The van der Waals surface area contributed by atoms with Crippen LogP contribution < -0.4 is 10.2 Å². The number of sulfonamides is 1. The first-order chi connectivity index (χ1) is 12.0. The molecule has 2 aromatic rings.